The number of nitro groups is 2. The third kappa shape index (κ3) is 5.23. The van der Waals surface area contributed by atoms with E-state index in [9.17, 15) is 29.8 Å². The maximum atomic E-state index is 13.0. The number of halogens is 1. The van der Waals surface area contributed by atoms with Crippen LogP contribution in [-0.4, -0.2) is 25.9 Å². The maximum Gasteiger partial charge on any atom is 0.318 e. The van der Waals surface area contributed by atoms with Crippen LogP contribution in [-0.2, 0) is 11.3 Å². The summed E-state index contributed by atoms with van der Waals surface area (Å²) in [6, 6.07) is 16.7. The number of rotatable bonds is 7. The van der Waals surface area contributed by atoms with Crippen LogP contribution in [0.25, 0.3) is 6.08 Å². The topological polar surface area (TPSA) is 133 Å². The van der Waals surface area contributed by atoms with Gasteiger partial charge in [-0.05, 0) is 41.6 Å². The Kier molecular flexibility index (Phi) is 6.94. The molecule has 10 nitrogen and oxygen atoms in total. The van der Waals surface area contributed by atoms with Gasteiger partial charge in [0.15, 0.2) is 0 Å². The predicted molar refractivity (Wildman–Crippen MR) is 132 cm³/mol. The maximum absolute atomic E-state index is 13.0. The number of hydrogen-bond acceptors (Lipinski definition) is 8. The molecule has 3 aromatic rings. The molecule has 0 aliphatic carbocycles. The molecule has 0 aromatic heterocycles. The van der Waals surface area contributed by atoms with Gasteiger partial charge < -0.3 is 4.74 Å². The number of ether oxygens (including phenoxy) is 1. The molecular formula is C23H14BrN3O7S. The summed E-state index contributed by atoms with van der Waals surface area (Å²) in [6.07, 6.45) is 1.47. The molecule has 0 radical (unpaired) electrons. The molecule has 0 atom stereocenters. The standard InChI is InChI=1S/C23H14BrN3O7S/c24-17-7-3-1-6-15(17)13-25-22(28)21(35-23(25)29)11-14-5-2-4-8-19(14)34-20-10-9-16(26(30)31)12-18(20)27(32)33/h1-12H,13H2/b21-11-. The molecule has 35 heavy (non-hydrogen) atoms. The Bertz CT molecular complexity index is 1410. The van der Waals surface area contributed by atoms with Crippen LogP contribution in [0.5, 0.6) is 11.5 Å². The fourth-order valence-corrected chi connectivity index (χ4v) is 4.47. The minimum absolute atomic E-state index is 0.0938. The van der Waals surface area contributed by atoms with Crippen LogP contribution in [0.2, 0.25) is 0 Å². The summed E-state index contributed by atoms with van der Waals surface area (Å²) >= 11 is 4.18. The number of amides is 2. The van der Waals surface area contributed by atoms with E-state index in [-0.39, 0.29) is 22.9 Å². The minimum atomic E-state index is -0.780. The van der Waals surface area contributed by atoms with Crippen LogP contribution >= 0.6 is 27.7 Å². The molecule has 2 amide bonds. The van der Waals surface area contributed by atoms with Crippen molar-refractivity contribution >= 4 is 56.3 Å². The lowest BCUT2D eigenvalue weighted by molar-refractivity contribution is -0.394. The number of carbonyl (C=O) groups excluding carboxylic acids is 2. The number of hydrogen-bond donors (Lipinski definition) is 0. The van der Waals surface area contributed by atoms with Gasteiger partial charge in [-0.2, -0.15) is 0 Å². The normalized spacial score (nSPS) is 14.4. The van der Waals surface area contributed by atoms with Gasteiger partial charge in [-0.3, -0.25) is 34.7 Å². The summed E-state index contributed by atoms with van der Waals surface area (Å²) in [6.45, 7) is 0.0938. The zero-order valence-electron chi connectivity index (χ0n) is 17.6. The summed E-state index contributed by atoms with van der Waals surface area (Å²) < 4.78 is 6.48. The number of carbonyl (C=O) groups is 2. The molecule has 1 aliphatic rings. The van der Waals surface area contributed by atoms with Gasteiger partial charge in [-0.15, -0.1) is 0 Å². The van der Waals surface area contributed by atoms with Crippen molar-refractivity contribution in [1.82, 2.24) is 4.90 Å². The Morgan fingerprint density at radius 1 is 0.943 bits per heavy atom. The Balaban J connectivity index is 1.63. The van der Waals surface area contributed by atoms with E-state index < -0.39 is 32.4 Å². The highest BCUT2D eigenvalue weighted by Gasteiger charge is 2.35. The highest BCUT2D eigenvalue weighted by atomic mass is 79.9. The van der Waals surface area contributed by atoms with Gasteiger partial charge in [0, 0.05) is 16.1 Å². The van der Waals surface area contributed by atoms with Crippen LogP contribution in [0.15, 0.2) is 76.1 Å². The molecule has 1 fully saturated rings. The van der Waals surface area contributed by atoms with Crippen molar-refractivity contribution in [2.45, 2.75) is 6.54 Å². The lowest BCUT2D eigenvalue weighted by atomic mass is 10.1. The Morgan fingerprint density at radius 3 is 2.37 bits per heavy atom. The molecule has 176 valence electrons. The molecular weight excluding hydrogens is 542 g/mol. The van der Waals surface area contributed by atoms with Crippen molar-refractivity contribution in [1.29, 1.82) is 0 Å². The first-order valence-corrected chi connectivity index (χ1v) is 11.5. The summed E-state index contributed by atoms with van der Waals surface area (Å²) in [5.74, 6) is -0.516. The molecule has 0 bridgehead atoms. The van der Waals surface area contributed by atoms with Crippen LogP contribution in [0.4, 0.5) is 16.2 Å². The summed E-state index contributed by atoms with van der Waals surface area (Å²) in [4.78, 5) is 47.7. The molecule has 4 rings (SSSR count). The Labute approximate surface area is 210 Å². The van der Waals surface area contributed by atoms with E-state index >= 15 is 0 Å². The summed E-state index contributed by atoms with van der Waals surface area (Å²) in [5.41, 5.74) is 0.135. The number of benzene rings is 3. The van der Waals surface area contributed by atoms with Crippen LogP contribution in [0.3, 0.4) is 0 Å². The molecule has 0 N–H and O–H groups in total. The van der Waals surface area contributed by atoms with E-state index in [2.05, 4.69) is 15.9 Å². The lowest BCUT2D eigenvalue weighted by Crippen LogP contribution is -2.27. The minimum Gasteiger partial charge on any atom is -0.449 e. The molecule has 3 aromatic carbocycles. The fraction of sp³-hybridized carbons (Fsp3) is 0.0435. The second-order valence-corrected chi connectivity index (χ2v) is 9.01. The van der Waals surface area contributed by atoms with Gasteiger partial charge in [0.2, 0.25) is 5.75 Å². The average Bonchev–Trinajstić information content (AvgIpc) is 3.09. The van der Waals surface area contributed by atoms with Crippen LogP contribution in [0.1, 0.15) is 11.1 Å². The first kappa shape index (κ1) is 24.1. The fourth-order valence-electron chi connectivity index (χ4n) is 3.23. The number of nitro benzene ring substituents is 2. The molecule has 0 spiro atoms. The average molecular weight is 556 g/mol. The van der Waals surface area contributed by atoms with Gasteiger partial charge >= 0.3 is 5.69 Å². The number of non-ortho nitro benzene ring substituents is 1. The summed E-state index contributed by atoms with van der Waals surface area (Å²) in [7, 11) is 0. The SMILES string of the molecule is O=C1S/C(=C\c2ccccc2Oc2ccc([N+](=O)[O-])cc2[N+](=O)[O-])C(=O)N1Cc1ccccc1Br. The Morgan fingerprint density at radius 2 is 1.66 bits per heavy atom. The number of nitrogens with zero attached hydrogens (tertiary/aromatic N) is 3. The largest absolute Gasteiger partial charge is 0.449 e. The van der Waals surface area contributed by atoms with Crippen LogP contribution in [0, 0.1) is 20.2 Å². The second kappa shape index (κ2) is 10.1. The number of para-hydroxylation sites is 1. The molecule has 0 saturated carbocycles. The molecule has 0 unspecified atom stereocenters. The van der Waals surface area contributed by atoms with Gasteiger partial charge in [0.05, 0.1) is 27.4 Å². The highest BCUT2D eigenvalue weighted by Crippen LogP contribution is 2.38. The zero-order valence-corrected chi connectivity index (χ0v) is 20.0. The van der Waals surface area contributed by atoms with Crippen LogP contribution < -0.4 is 4.74 Å². The second-order valence-electron chi connectivity index (χ2n) is 7.17. The molecule has 1 heterocycles. The van der Waals surface area contributed by atoms with Crippen molar-refractivity contribution in [2.75, 3.05) is 0 Å². The molecule has 12 heteroatoms. The first-order valence-electron chi connectivity index (χ1n) is 9.93. The van der Waals surface area contributed by atoms with E-state index in [0.717, 1.165) is 44.9 Å². The first-order chi connectivity index (χ1) is 16.7. The smallest absolute Gasteiger partial charge is 0.318 e. The lowest BCUT2D eigenvalue weighted by Gasteiger charge is -2.13. The number of thioether (sulfide) groups is 1. The van der Waals surface area contributed by atoms with E-state index in [1.807, 2.05) is 12.1 Å². The Hall–Kier alpha value is -4.03. The van der Waals surface area contributed by atoms with E-state index in [1.54, 1.807) is 30.3 Å². The third-order valence-corrected chi connectivity index (χ3v) is 6.62. The third-order valence-electron chi connectivity index (χ3n) is 4.94. The zero-order chi connectivity index (χ0) is 25.1. The molecule has 1 aliphatic heterocycles. The van der Waals surface area contributed by atoms with Crippen molar-refractivity contribution in [3.63, 3.8) is 0 Å². The monoisotopic (exact) mass is 555 g/mol. The van der Waals surface area contributed by atoms with Crippen molar-refractivity contribution in [3.05, 3.63) is 107 Å². The van der Waals surface area contributed by atoms with Gasteiger partial charge in [-0.1, -0.05) is 52.3 Å². The summed E-state index contributed by atoms with van der Waals surface area (Å²) in [5, 5.41) is 22.0. The van der Waals surface area contributed by atoms with Gasteiger partial charge in [-0.25, -0.2) is 0 Å². The van der Waals surface area contributed by atoms with Crippen molar-refractivity contribution in [3.8, 4) is 11.5 Å². The predicted octanol–water partition coefficient (Wildman–Crippen LogP) is 6.29. The van der Waals surface area contributed by atoms with Gasteiger partial charge in [0.25, 0.3) is 16.8 Å². The number of imide groups is 1. The highest BCUT2D eigenvalue weighted by molar-refractivity contribution is 9.10. The van der Waals surface area contributed by atoms with E-state index in [1.165, 1.54) is 12.1 Å². The van der Waals surface area contributed by atoms with E-state index in [0.29, 0.717) is 5.56 Å². The van der Waals surface area contributed by atoms with Crippen molar-refractivity contribution < 1.29 is 24.2 Å². The van der Waals surface area contributed by atoms with Gasteiger partial charge in [0.1, 0.15) is 5.75 Å². The van der Waals surface area contributed by atoms with Crippen molar-refractivity contribution in [2.24, 2.45) is 0 Å². The van der Waals surface area contributed by atoms with E-state index in [4.69, 9.17) is 4.74 Å². The quantitative estimate of drug-likeness (QED) is 0.188. The molecule has 1 saturated heterocycles.